The summed E-state index contributed by atoms with van der Waals surface area (Å²) < 4.78 is 32.3. The summed E-state index contributed by atoms with van der Waals surface area (Å²) in [6.07, 6.45) is 0.701. The fourth-order valence-corrected chi connectivity index (χ4v) is 3.89. The molecule has 1 saturated heterocycles. The van der Waals surface area contributed by atoms with Gasteiger partial charge in [-0.05, 0) is 32.0 Å². The zero-order chi connectivity index (χ0) is 14.8. The summed E-state index contributed by atoms with van der Waals surface area (Å²) in [5, 5.41) is 3.12. The van der Waals surface area contributed by atoms with Crippen LogP contribution < -0.4 is 10.0 Å². The second-order valence-corrected chi connectivity index (χ2v) is 6.73. The Balaban J connectivity index is 2.37. The summed E-state index contributed by atoms with van der Waals surface area (Å²) in [4.78, 5) is 11.6. The first-order valence-electron chi connectivity index (χ1n) is 6.30. The van der Waals surface area contributed by atoms with Gasteiger partial charge in [0.15, 0.2) is 0 Å². The van der Waals surface area contributed by atoms with Crippen LogP contribution in [-0.2, 0) is 14.8 Å². The molecule has 1 aromatic carbocycles. The number of carbonyl (C=O) groups excluding carboxylic acids is 1. The smallest absolute Gasteiger partial charge is 0.339 e. The Morgan fingerprint density at radius 2 is 2.10 bits per heavy atom. The number of methoxy groups -OCH3 is 1. The molecule has 1 fully saturated rings. The standard InChI is InChI=1S/C13H18N2O4S/c1-13(7-8-14-9-13)15-20(17,18)11-6-4-3-5-10(11)12(16)19-2/h3-6,14-15H,7-9H2,1-2H3. The third-order valence-corrected chi connectivity index (χ3v) is 5.03. The second-order valence-electron chi connectivity index (χ2n) is 5.08. The summed E-state index contributed by atoms with van der Waals surface area (Å²) in [6.45, 7) is 3.16. The van der Waals surface area contributed by atoms with Crippen LogP contribution in [0, 0.1) is 0 Å². The normalized spacial score (nSPS) is 22.7. The summed E-state index contributed by atoms with van der Waals surface area (Å²) >= 11 is 0. The minimum Gasteiger partial charge on any atom is -0.465 e. The maximum Gasteiger partial charge on any atom is 0.339 e. The lowest BCUT2D eigenvalue weighted by molar-refractivity contribution is 0.0596. The molecule has 0 aromatic heterocycles. The molecule has 1 heterocycles. The van der Waals surface area contributed by atoms with E-state index in [-0.39, 0.29) is 10.5 Å². The molecule has 0 spiro atoms. The highest BCUT2D eigenvalue weighted by molar-refractivity contribution is 7.89. The van der Waals surface area contributed by atoms with Gasteiger partial charge >= 0.3 is 5.97 Å². The monoisotopic (exact) mass is 298 g/mol. The molecule has 1 aliphatic heterocycles. The first kappa shape index (κ1) is 15.0. The van der Waals surface area contributed by atoms with E-state index in [1.165, 1.54) is 19.2 Å². The van der Waals surface area contributed by atoms with Crippen molar-refractivity contribution in [3.8, 4) is 0 Å². The molecule has 0 saturated carbocycles. The predicted octanol–water partition coefficient (Wildman–Crippen LogP) is 0.503. The summed E-state index contributed by atoms with van der Waals surface area (Å²) in [5.41, 5.74) is -0.501. The van der Waals surface area contributed by atoms with Crippen LogP contribution in [-0.4, -0.2) is 40.1 Å². The van der Waals surface area contributed by atoms with Crippen molar-refractivity contribution in [2.24, 2.45) is 0 Å². The highest BCUT2D eigenvalue weighted by atomic mass is 32.2. The summed E-state index contributed by atoms with van der Waals surface area (Å²) in [7, 11) is -2.56. The maximum atomic E-state index is 12.5. The molecular weight excluding hydrogens is 280 g/mol. The molecule has 0 aliphatic carbocycles. The lowest BCUT2D eigenvalue weighted by Gasteiger charge is -2.24. The van der Waals surface area contributed by atoms with E-state index in [1.54, 1.807) is 12.1 Å². The Kier molecular flexibility index (Phi) is 4.12. The van der Waals surface area contributed by atoms with E-state index in [0.717, 1.165) is 6.54 Å². The quantitative estimate of drug-likeness (QED) is 0.791. The van der Waals surface area contributed by atoms with Crippen LogP contribution in [0.4, 0.5) is 0 Å². The van der Waals surface area contributed by atoms with Crippen LogP contribution >= 0.6 is 0 Å². The van der Waals surface area contributed by atoms with Crippen LogP contribution in [0.2, 0.25) is 0 Å². The number of nitrogens with one attached hydrogen (secondary N) is 2. The van der Waals surface area contributed by atoms with E-state index in [1.807, 2.05) is 6.92 Å². The first-order valence-corrected chi connectivity index (χ1v) is 7.78. The Bertz CT molecular complexity index is 607. The number of ether oxygens (including phenoxy) is 1. The molecule has 20 heavy (non-hydrogen) atoms. The lowest BCUT2D eigenvalue weighted by atomic mass is 10.0. The van der Waals surface area contributed by atoms with Gasteiger partial charge in [-0.25, -0.2) is 17.9 Å². The van der Waals surface area contributed by atoms with Crippen molar-refractivity contribution in [3.05, 3.63) is 29.8 Å². The van der Waals surface area contributed by atoms with Gasteiger partial charge in [0, 0.05) is 12.1 Å². The van der Waals surface area contributed by atoms with Gasteiger partial charge in [0.1, 0.15) is 0 Å². The molecule has 1 unspecified atom stereocenters. The minimum absolute atomic E-state index is 0.0389. The Morgan fingerprint density at radius 1 is 1.40 bits per heavy atom. The average Bonchev–Trinajstić information content (AvgIpc) is 2.83. The molecule has 2 N–H and O–H groups in total. The van der Waals surface area contributed by atoms with E-state index < -0.39 is 21.5 Å². The van der Waals surface area contributed by atoms with Gasteiger partial charge in [-0.15, -0.1) is 0 Å². The van der Waals surface area contributed by atoms with Gasteiger partial charge in [0.25, 0.3) is 0 Å². The van der Waals surface area contributed by atoms with E-state index in [2.05, 4.69) is 14.8 Å². The Labute approximate surface area is 118 Å². The van der Waals surface area contributed by atoms with Crippen LogP contribution in [0.5, 0.6) is 0 Å². The maximum absolute atomic E-state index is 12.5. The average molecular weight is 298 g/mol. The molecule has 6 nitrogen and oxygen atoms in total. The largest absolute Gasteiger partial charge is 0.465 e. The fraction of sp³-hybridized carbons (Fsp3) is 0.462. The van der Waals surface area contributed by atoms with Crippen LogP contribution in [0.3, 0.4) is 0 Å². The zero-order valence-corrected chi connectivity index (χ0v) is 12.3. The molecular formula is C13H18N2O4S. The van der Waals surface area contributed by atoms with Gasteiger partial charge in [0.2, 0.25) is 10.0 Å². The van der Waals surface area contributed by atoms with Crippen molar-refractivity contribution < 1.29 is 17.9 Å². The number of hydrogen-bond acceptors (Lipinski definition) is 5. The molecule has 1 aromatic rings. The van der Waals surface area contributed by atoms with Crippen LogP contribution in [0.15, 0.2) is 29.2 Å². The molecule has 2 rings (SSSR count). The molecule has 1 atom stereocenters. The van der Waals surface area contributed by atoms with Gasteiger partial charge in [-0.3, -0.25) is 0 Å². The van der Waals surface area contributed by atoms with Crippen molar-refractivity contribution in [2.75, 3.05) is 20.2 Å². The SMILES string of the molecule is COC(=O)c1ccccc1S(=O)(=O)NC1(C)CCNC1. The fourth-order valence-electron chi connectivity index (χ4n) is 2.26. The highest BCUT2D eigenvalue weighted by Crippen LogP contribution is 2.21. The lowest BCUT2D eigenvalue weighted by Crippen LogP contribution is -2.47. The third kappa shape index (κ3) is 3.00. The van der Waals surface area contributed by atoms with Gasteiger partial charge in [-0.2, -0.15) is 0 Å². The van der Waals surface area contributed by atoms with Gasteiger partial charge in [-0.1, -0.05) is 12.1 Å². The van der Waals surface area contributed by atoms with Crippen molar-refractivity contribution >= 4 is 16.0 Å². The molecule has 1 aliphatic rings. The van der Waals surface area contributed by atoms with E-state index in [0.29, 0.717) is 13.0 Å². The van der Waals surface area contributed by atoms with Crippen LogP contribution in [0.1, 0.15) is 23.7 Å². The first-order chi connectivity index (χ1) is 9.38. The second kappa shape index (κ2) is 5.51. The van der Waals surface area contributed by atoms with Crippen molar-refractivity contribution in [3.63, 3.8) is 0 Å². The topological polar surface area (TPSA) is 84.5 Å². The summed E-state index contributed by atoms with van der Waals surface area (Å²) in [6, 6.07) is 6.02. The van der Waals surface area contributed by atoms with E-state index >= 15 is 0 Å². The molecule has 0 radical (unpaired) electrons. The minimum atomic E-state index is -3.78. The number of esters is 1. The van der Waals surface area contributed by atoms with Gasteiger partial charge in [0.05, 0.1) is 17.6 Å². The van der Waals surface area contributed by atoms with Crippen LogP contribution in [0.25, 0.3) is 0 Å². The van der Waals surface area contributed by atoms with Crippen molar-refractivity contribution in [2.45, 2.75) is 23.8 Å². The Morgan fingerprint density at radius 3 is 2.70 bits per heavy atom. The van der Waals surface area contributed by atoms with Gasteiger partial charge < -0.3 is 10.1 Å². The number of hydrogen-bond donors (Lipinski definition) is 2. The zero-order valence-electron chi connectivity index (χ0n) is 11.5. The van der Waals surface area contributed by atoms with E-state index in [4.69, 9.17) is 0 Å². The molecule has 0 bridgehead atoms. The van der Waals surface area contributed by atoms with E-state index in [9.17, 15) is 13.2 Å². The molecule has 7 heteroatoms. The third-order valence-electron chi connectivity index (χ3n) is 3.33. The predicted molar refractivity (Wildman–Crippen MR) is 74.0 cm³/mol. The number of sulfonamides is 1. The number of carbonyl (C=O) groups is 1. The molecule has 110 valence electrons. The number of rotatable bonds is 4. The van der Waals surface area contributed by atoms with Crippen molar-refractivity contribution in [1.29, 1.82) is 0 Å². The highest BCUT2D eigenvalue weighted by Gasteiger charge is 2.35. The Hall–Kier alpha value is -1.44. The van der Waals surface area contributed by atoms with Crippen molar-refractivity contribution in [1.82, 2.24) is 10.0 Å². The summed E-state index contributed by atoms with van der Waals surface area (Å²) in [5.74, 6) is -0.666. The molecule has 0 amide bonds. The number of benzene rings is 1.